The summed E-state index contributed by atoms with van der Waals surface area (Å²) in [5, 5.41) is 6.00. The molecule has 192 valence electrons. The number of anilines is 2. The van der Waals surface area contributed by atoms with E-state index in [2.05, 4.69) is 15.5 Å². The van der Waals surface area contributed by atoms with Gasteiger partial charge in [-0.05, 0) is 35.9 Å². The molecular formula is C26H33N5O5. The summed E-state index contributed by atoms with van der Waals surface area (Å²) in [5.74, 6) is 0.770. The van der Waals surface area contributed by atoms with Crippen molar-refractivity contribution in [1.29, 1.82) is 0 Å². The van der Waals surface area contributed by atoms with Gasteiger partial charge in [0, 0.05) is 57.9 Å². The van der Waals surface area contributed by atoms with Gasteiger partial charge in [-0.15, -0.1) is 0 Å². The molecule has 0 bridgehead atoms. The predicted molar refractivity (Wildman–Crippen MR) is 137 cm³/mol. The Morgan fingerprint density at radius 1 is 0.889 bits per heavy atom. The van der Waals surface area contributed by atoms with Crippen LogP contribution in [0.3, 0.4) is 0 Å². The Balaban J connectivity index is 1.43. The van der Waals surface area contributed by atoms with Gasteiger partial charge in [0.25, 0.3) is 5.91 Å². The average Bonchev–Trinajstić information content (AvgIpc) is 2.93. The monoisotopic (exact) mass is 495 g/mol. The molecule has 2 aromatic carbocycles. The van der Waals surface area contributed by atoms with E-state index in [1.54, 1.807) is 24.1 Å². The van der Waals surface area contributed by atoms with E-state index in [0.717, 1.165) is 30.1 Å². The van der Waals surface area contributed by atoms with Crippen molar-refractivity contribution in [3.63, 3.8) is 0 Å². The lowest BCUT2D eigenvalue weighted by atomic mass is 10.1. The Hall–Kier alpha value is -3.79. The highest BCUT2D eigenvalue weighted by Gasteiger charge is 2.25. The van der Waals surface area contributed by atoms with Crippen LogP contribution in [0.1, 0.15) is 15.9 Å². The van der Waals surface area contributed by atoms with Crippen LogP contribution < -0.4 is 20.3 Å². The van der Waals surface area contributed by atoms with Crippen LogP contribution in [0.25, 0.3) is 0 Å². The number of nitrogens with zero attached hydrogens (tertiary/aromatic N) is 3. The molecule has 2 aromatic rings. The second-order valence-corrected chi connectivity index (χ2v) is 8.78. The number of benzene rings is 2. The lowest BCUT2D eigenvalue weighted by molar-refractivity contribution is -0.130. The Morgan fingerprint density at radius 2 is 1.58 bits per heavy atom. The molecule has 0 spiro atoms. The van der Waals surface area contributed by atoms with E-state index in [0.29, 0.717) is 56.9 Å². The fraction of sp³-hybridized carbons (Fsp3) is 0.423. The summed E-state index contributed by atoms with van der Waals surface area (Å²) in [7, 11) is 2.92. The van der Waals surface area contributed by atoms with Gasteiger partial charge < -0.3 is 29.5 Å². The standard InChI is InChI=1S/C26H33N5O5/c1-35-21-6-3-19(4-7-21)17-24(32)30-15-13-29(14-16-30)23-8-5-20(18-22(23)28-26(34)36-2)25(33)31-11-9-27-10-12-31/h3-8,18,27H,9-17H2,1-2H3,(H,28,34). The third kappa shape index (κ3) is 6.06. The number of carbonyl (C=O) groups is 3. The third-order valence-electron chi connectivity index (χ3n) is 6.56. The molecule has 0 atom stereocenters. The van der Waals surface area contributed by atoms with Crippen LogP contribution in [-0.4, -0.2) is 94.3 Å². The molecule has 0 aliphatic carbocycles. The second-order valence-electron chi connectivity index (χ2n) is 8.78. The van der Waals surface area contributed by atoms with Crippen molar-refractivity contribution in [3.05, 3.63) is 53.6 Å². The second kappa shape index (κ2) is 11.8. The zero-order valence-electron chi connectivity index (χ0n) is 20.8. The van der Waals surface area contributed by atoms with Crippen molar-refractivity contribution in [2.75, 3.05) is 76.8 Å². The fourth-order valence-corrected chi connectivity index (χ4v) is 4.48. The molecule has 4 rings (SSSR count). The maximum atomic E-state index is 13.0. The molecule has 0 aromatic heterocycles. The Labute approximate surface area is 211 Å². The summed E-state index contributed by atoms with van der Waals surface area (Å²) in [6.45, 7) is 5.16. The molecule has 10 nitrogen and oxygen atoms in total. The Kier molecular flexibility index (Phi) is 8.27. The van der Waals surface area contributed by atoms with Crippen LogP contribution in [-0.2, 0) is 16.0 Å². The van der Waals surface area contributed by atoms with Crippen molar-refractivity contribution in [3.8, 4) is 5.75 Å². The Morgan fingerprint density at radius 3 is 2.22 bits per heavy atom. The molecule has 2 fully saturated rings. The molecule has 2 saturated heterocycles. The van der Waals surface area contributed by atoms with Crippen LogP contribution in [0, 0.1) is 0 Å². The van der Waals surface area contributed by atoms with Gasteiger partial charge in [0.15, 0.2) is 0 Å². The van der Waals surface area contributed by atoms with Gasteiger partial charge in [0.05, 0.1) is 32.0 Å². The topological polar surface area (TPSA) is 103 Å². The number of carbonyl (C=O) groups excluding carboxylic acids is 3. The summed E-state index contributed by atoms with van der Waals surface area (Å²) in [4.78, 5) is 43.6. The van der Waals surface area contributed by atoms with Gasteiger partial charge in [-0.2, -0.15) is 0 Å². The summed E-state index contributed by atoms with van der Waals surface area (Å²) < 4.78 is 9.98. The average molecular weight is 496 g/mol. The lowest BCUT2D eigenvalue weighted by Gasteiger charge is -2.37. The summed E-state index contributed by atoms with van der Waals surface area (Å²) in [6.07, 6.45) is -0.265. The number of ether oxygens (including phenoxy) is 2. The number of piperazine rings is 2. The highest BCUT2D eigenvalue weighted by molar-refractivity contribution is 5.98. The molecule has 36 heavy (non-hydrogen) atoms. The number of hydrogen-bond acceptors (Lipinski definition) is 7. The first-order chi connectivity index (χ1) is 17.5. The van der Waals surface area contributed by atoms with Crippen LogP contribution in [0.15, 0.2) is 42.5 Å². The van der Waals surface area contributed by atoms with E-state index in [-0.39, 0.29) is 11.8 Å². The molecule has 0 unspecified atom stereocenters. The largest absolute Gasteiger partial charge is 0.497 e. The maximum Gasteiger partial charge on any atom is 0.411 e. The zero-order valence-corrected chi connectivity index (χ0v) is 20.8. The molecule has 2 N–H and O–H groups in total. The quantitative estimate of drug-likeness (QED) is 0.630. The van der Waals surface area contributed by atoms with Gasteiger partial charge in [-0.25, -0.2) is 4.79 Å². The van der Waals surface area contributed by atoms with E-state index < -0.39 is 6.09 Å². The van der Waals surface area contributed by atoms with E-state index >= 15 is 0 Å². The molecule has 2 aliphatic heterocycles. The third-order valence-corrected chi connectivity index (χ3v) is 6.56. The number of nitrogens with one attached hydrogen (secondary N) is 2. The molecule has 10 heteroatoms. The first-order valence-electron chi connectivity index (χ1n) is 12.1. The van der Waals surface area contributed by atoms with Crippen molar-refractivity contribution in [2.24, 2.45) is 0 Å². The van der Waals surface area contributed by atoms with E-state index in [1.807, 2.05) is 35.2 Å². The highest BCUT2D eigenvalue weighted by atomic mass is 16.5. The summed E-state index contributed by atoms with van der Waals surface area (Å²) >= 11 is 0. The molecule has 2 aliphatic rings. The van der Waals surface area contributed by atoms with E-state index in [9.17, 15) is 14.4 Å². The van der Waals surface area contributed by atoms with Crippen molar-refractivity contribution >= 4 is 29.3 Å². The van der Waals surface area contributed by atoms with Crippen LogP contribution in [0.2, 0.25) is 0 Å². The molecule has 0 saturated carbocycles. The van der Waals surface area contributed by atoms with Gasteiger partial charge >= 0.3 is 6.09 Å². The first kappa shape index (κ1) is 25.3. The lowest BCUT2D eigenvalue weighted by Crippen LogP contribution is -2.49. The summed E-state index contributed by atoms with van der Waals surface area (Å²) in [6, 6.07) is 12.9. The van der Waals surface area contributed by atoms with Crippen LogP contribution in [0.4, 0.5) is 16.2 Å². The minimum atomic E-state index is -0.601. The van der Waals surface area contributed by atoms with Gasteiger partial charge in [-0.1, -0.05) is 12.1 Å². The molecule has 3 amide bonds. The number of hydrogen-bond donors (Lipinski definition) is 2. The maximum absolute atomic E-state index is 13.0. The number of methoxy groups -OCH3 is 2. The molecule has 0 radical (unpaired) electrons. The van der Waals surface area contributed by atoms with Gasteiger partial charge in [-0.3, -0.25) is 14.9 Å². The number of rotatable bonds is 6. The normalized spacial score (nSPS) is 15.9. The molecular weight excluding hydrogens is 462 g/mol. The first-order valence-corrected chi connectivity index (χ1v) is 12.1. The summed E-state index contributed by atoms with van der Waals surface area (Å²) in [5.41, 5.74) is 2.76. The highest BCUT2D eigenvalue weighted by Crippen LogP contribution is 2.29. The van der Waals surface area contributed by atoms with Gasteiger partial charge in [0.2, 0.25) is 5.91 Å². The minimum Gasteiger partial charge on any atom is -0.497 e. The predicted octanol–water partition coefficient (Wildman–Crippen LogP) is 1.81. The SMILES string of the molecule is COC(=O)Nc1cc(C(=O)N2CCNCC2)ccc1N1CCN(C(=O)Cc2ccc(OC)cc2)CC1. The molecule has 2 heterocycles. The minimum absolute atomic E-state index is 0.0649. The van der Waals surface area contributed by atoms with Crippen LogP contribution in [0.5, 0.6) is 5.75 Å². The van der Waals surface area contributed by atoms with Crippen molar-refractivity contribution < 1.29 is 23.9 Å². The zero-order chi connectivity index (χ0) is 25.5. The van der Waals surface area contributed by atoms with Crippen molar-refractivity contribution in [1.82, 2.24) is 15.1 Å². The smallest absolute Gasteiger partial charge is 0.411 e. The van der Waals surface area contributed by atoms with E-state index in [1.165, 1.54) is 7.11 Å². The fourth-order valence-electron chi connectivity index (χ4n) is 4.48. The Bertz CT molecular complexity index is 1080. The van der Waals surface area contributed by atoms with Gasteiger partial charge in [0.1, 0.15) is 5.75 Å². The van der Waals surface area contributed by atoms with Crippen molar-refractivity contribution in [2.45, 2.75) is 6.42 Å². The van der Waals surface area contributed by atoms with E-state index in [4.69, 9.17) is 9.47 Å². The number of amides is 3. The van der Waals surface area contributed by atoms with Crippen LogP contribution >= 0.6 is 0 Å².